The predicted molar refractivity (Wildman–Crippen MR) is 81.9 cm³/mol. The van der Waals surface area contributed by atoms with Crippen molar-refractivity contribution >= 4 is 11.9 Å². The normalized spacial score (nSPS) is 10.9. The Morgan fingerprint density at radius 3 is 2.33 bits per heavy atom. The largest absolute Gasteiger partial charge is 0.480 e. The molecule has 1 amide bonds. The van der Waals surface area contributed by atoms with Crippen molar-refractivity contribution in [2.75, 3.05) is 19.6 Å². The molecule has 5 nitrogen and oxygen atoms in total. The fraction of sp³-hybridized carbons (Fsp3) is 0.500. The number of carboxylic acid groups (broad SMARTS) is 1. The Balaban J connectivity index is 2.45. The molecule has 0 spiro atoms. The van der Waals surface area contributed by atoms with Crippen LogP contribution in [0.25, 0.3) is 0 Å². The van der Waals surface area contributed by atoms with Crippen molar-refractivity contribution in [3.05, 3.63) is 35.4 Å². The van der Waals surface area contributed by atoms with Crippen molar-refractivity contribution in [3.8, 4) is 0 Å². The number of nitrogens with zero attached hydrogens (tertiary/aromatic N) is 1. The van der Waals surface area contributed by atoms with Gasteiger partial charge in [0.15, 0.2) is 0 Å². The molecule has 21 heavy (non-hydrogen) atoms. The number of benzene rings is 1. The number of amides is 1. The lowest BCUT2D eigenvalue weighted by Crippen LogP contribution is -2.41. The highest BCUT2D eigenvalue weighted by atomic mass is 16.4. The minimum atomic E-state index is -0.915. The Labute approximate surface area is 126 Å². The summed E-state index contributed by atoms with van der Waals surface area (Å²) in [5.74, 6) is -0.756. The second kappa shape index (κ2) is 8.42. The fourth-order valence-electron chi connectivity index (χ4n) is 2.06. The van der Waals surface area contributed by atoms with Crippen molar-refractivity contribution < 1.29 is 14.7 Å². The summed E-state index contributed by atoms with van der Waals surface area (Å²) in [5, 5.41) is 11.7. The van der Waals surface area contributed by atoms with Crippen molar-refractivity contribution in [2.45, 2.75) is 27.3 Å². The molecule has 0 aromatic heterocycles. The first-order valence-electron chi connectivity index (χ1n) is 7.13. The minimum Gasteiger partial charge on any atom is -0.480 e. The molecule has 1 rings (SSSR count). The number of hydrogen-bond acceptors (Lipinski definition) is 3. The van der Waals surface area contributed by atoms with E-state index in [-0.39, 0.29) is 19.0 Å². The van der Waals surface area contributed by atoms with Crippen LogP contribution in [0.5, 0.6) is 0 Å². The van der Waals surface area contributed by atoms with E-state index in [0.29, 0.717) is 19.0 Å². The quantitative estimate of drug-likeness (QED) is 0.764. The number of aliphatic carboxylic acids is 1. The third kappa shape index (κ3) is 7.46. The Morgan fingerprint density at radius 1 is 1.19 bits per heavy atom. The second-order valence-electron chi connectivity index (χ2n) is 5.72. The van der Waals surface area contributed by atoms with Gasteiger partial charge in [0.2, 0.25) is 5.91 Å². The number of rotatable bonds is 8. The van der Waals surface area contributed by atoms with Crippen molar-refractivity contribution in [1.82, 2.24) is 10.2 Å². The molecule has 0 saturated carbocycles. The fourth-order valence-corrected chi connectivity index (χ4v) is 2.06. The lowest BCUT2D eigenvalue weighted by atomic mass is 10.1. The minimum absolute atomic E-state index is 0.107. The van der Waals surface area contributed by atoms with E-state index in [1.807, 2.05) is 45.0 Å². The zero-order valence-electron chi connectivity index (χ0n) is 12.9. The van der Waals surface area contributed by atoms with E-state index in [0.717, 1.165) is 5.56 Å². The van der Waals surface area contributed by atoms with Crippen LogP contribution in [0.4, 0.5) is 0 Å². The molecule has 0 saturated heterocycles. The predicted octanol–water partition coefficient (Wildman–Crippen LogP) is 1.65. The first-order chi connectivity index (χ1) is 9.86. The van der Waals surface area contributed by atoms with E-state index in [4.69, 9.17) is 5.11 Å². The van der Waals surface area contributed by atoms with Gasteiger partial charge in [-0.05, 0) is 18.4 Å². The van der Waals surface area contributed by atoms with Crippen LogP contribution in [0.15, 0.2) is 24.3 Å². The van der Waals surface area contributed by atoms with E-state index >= 15 is 0 Å². The van der Waals surface area contributed by atoms with Gasteiger partial charge >= 0.3 is 5.97 Å². The smallest absolute Gasteiger partial charge is 0.317 e. The van der Waals surface area contributed by atoms with Crippen LogP contribution in [0.3, 0.4) is 0 Å². The van der Waals surface area contributed by atoms with E-state index in [1.165, 1.54) is 5.56 Å². The lowest BCUT2D eigenvalue weighted by Gasteiger charge is -2.21. The molecule has 0 radical (unpaired) electrons. The summed E-state index contributed by atoms with van der Waals surface area (Å²) >= 11 is 0. The zero-order chi connectivity index (χ0) is 15.8. The summed E-state index contributed by atoms with van der Waals surface area (Å²) < 4.78 is 0. The van der Waals surface area contributed by atoms with Gasteiger partial charge in [-0.1, -0.05) is 43.7 Å². The third-order valence-corrected chi connectivity index (χ3v) is 2.96. The average Bonchev–Trinajstić information content (AvgIpc) is 2.36. The number of carbonyl (C=O) groups excluding carboxylic acids is 1. The van der Waals surface area contributed by atoms with E-state index < -0.39 is 5.97 Å². The Bertz CT molecular complexity index is 469. The molecule has 0 aliphatic heterocycles. The van der Waals surface area contributed by atoms with Gasteiger partial charge in [-0.2, -0.15) is 0 Å². The monoisotopic (exact) mass is 292 g/mol. The van der Waals surface area contributed by atoms with Gasteiger partial charge in [0.25, 0.3) is 0 Å². The summed E-state index contributed by atoms with van der Waals surface area (Å²) in [4.78, 5) is 24.4. The molecule has 1 aromatic carbocycles. The zero-order valence-corrected chi connectivity index (χ0v) is 12.9. The number of carbonyl (C=O) groups is 2. The highest BCUT2D eigenvalue weighted by Gasteiger charge is 2.15. The van der Waals surface area contributed by atoms with Gasteiger partial charge in [0.05, 0.1) is 13.1 Å². The molecule has 0 fully saturated rings. The van der Waals surface area contributed by atoms with Gasteiger partial charge < -0.3 is 10.4 Å². The first-order valence-corrected chi connectivity index (χ1v) is 7.13. The van der Waals surface area contributed by atoms with Crippen LogP contribution in [-0.2, 0) is 16.1 Å². The molecule has 0 unspecified atom stereocenters. The van der Waals surface area contributed by atoms with Crippen LogP contribution in [0.1, 0.15) is 25.0 Å². The van der Waals surface area contributed by atoms with Gasteiger partial charge in [-0.3, -0.25) is 14.5 Å². The molecular weight excluding hydrogens is 268 g/mol. The first kappa shape index (κ1) is 17.2. The lowest BCUT2D eigenvalue weighted by molar-refractivity contribution is -0.138. The van der Waals surface area contributed by atoms with Crippen LogP contribution >= 0.6 is 0 Å². The standard InChI is InChI=1S/C16H24N2O3/c1-12(2)9-18(11-16(20)21)10-15(19)17-8-14-6-4-13(3)5-7-14/h4-7,12H,8-11H2,1-3H3,(H,17,19)(H,20,21). The number of carboxylic acids is 1. The topological polar surface area (TPSA) is 69.6 Å². The van der Waals surface area contributed by atoms with Crippen molar-refractivity contribution in [2.24, 2.45) is 5.92 Å². The van der Waals surface area contributed by atoms with Crippen LogP contribution in [-0.4, -0.2) is 41.5 Å². The summed E-state index contributed by atoms with van der Waals surface area (Å²) in [6, 6.07) is 7.94. The maximum Gasteiger partial charge on any atom is 0.317 e. The second-order valence-corrected chi connectivity index (χ2v) is 5.72. The molecule has 0 bridgehead atoms. The van der Waals surface area contributed by atoms with Crippen molar-refractivity contribution in [3.63, 3.8) is 0 Å². The molecule has 5 heteroatoms. The molecule has 0 heterocycles. The van der Waals surface area contributed by atoms with Gasteiger partial charge in [-0.25, -0.2) is 0 Å². The number of nitrogens with one attached hydrogen (secondary N) is 1. The van der Waals surface area contributed by atoms with E-state index in [1.54, 1.807) is 4.90 Å². The van der Waals surface area contributed by atoms with Crippen LogP contribution in [0, 0.1) is 12.8 Å². The molecule has 116 valence electrons. The highest BCUT2D eigenvalue weighted by Crippen LogP contribution is 2.03. The molecule has 0 atom stereocenters. The summed E-state index contributed by atoms with van der Waals surface area (Å²) in [6.45, 7) is 7.05. The summed E-state index contributed by atoms with van der Waals surface area (Å²) in [7, 11) is 0. The van der Waals surface area contributed by atoms with Crippen LogP contribution < -0.4 is 5.32 Å². The molecule has 1 aromatic rings. The Hall–Kier alpha value is -1.88. The van der Waals surface area contributed by atoms with Gasteiger partial charge in [0, 0.05) is 13.1 Å². The SMILES string of the molecule is Cc1ccc(CNC(=O)CN(CC(=O)O)CC(C)C)cc1. The number of aryl methyl sites for hydroxylation is 1. The van der Waals surface area contributed by atoms with Gasteiger partial charge in [-0.15, -0.1) is 0 Å². The average molecular weight is 292 g/mol. The van der Waals surface area contributed by atoms with Gasteiger partial charge in [0.1, 0.15) is 0 Å². The maximum absolute atomic E-state index is 11.9. The van der Waals surface area contributed by atoms with Crippen LogP contribution in [0.2, 0.25) is 0 Å². The molecule has 0 aliphatic rings. The Kier molecular flexibility index (Phi) is 6.88. The third-order valence-electron chi connectivity index (χ3n) is 2.96. The summed E-state index contributed by atoms with van der Waals surface area (Å²) in [6.07, 6.45) is 0. The summed E-state index contributed by atoms with van der Waals surface area (Å²) in [5.41, 5.74) is 2.21. The highest BCUT2D eigenvalue weighted by molar-refractivity contribution is 5.79. The maximum atomic E-state index is 11.9. The molecule has 2 N–H and O–H groups in total. The van der Waals surface area contributed by atoms with E-state index in [2.05, 4.69) is 5.32 Å². The molecule has 0 aliphatic carbocycles. The van der Waals surface area contributed by atoms with E-state index in [9.17, 15) is 9.59 Å². The number of hydrogen-bond donors (Lipinski definition) is 2. The Morgan fingerprint density at radius 2 is 1.81 bits per heavy atom. The molecular formula is C16H24N2O3. The van der Waals surface area contributed by atoms with Crippen molar-refractivity contribution in [1.29, 1.82) is 0 Å².